The maximum absolute atomic E-state index is 9.74. The summed E-state index contributed by atoms with van der Waals surface area (Å²) in [7, 11) is 0. The lowest BCUT2D eigenvalue weighted by atomic mass is 10.1. The molecule has 0 amide bonds. The third kappa shape index (κ3) is 2.59. The molecule has 0 radical (unpaired) electrons. The number of aliphatic hydroxyl groups is 1. The molecule has 1 aliphatic rings. The normalized spacial score (nSPS) is 23.1. The van der Waals surface area contributed by atoms with Gasteiger partial charge in [0.15, 0.2) is 5.82 Å². The van der Waals surface area contributed by atoms with E-state index in [0.717, 1.165) is 13.0 Å². The van der Waals surface area contributed by atoms with Gasteiger partial charge in [0, 0.05) is 0 Å². The highest BCUT2D eigenvalue weighted by molar-refractivity contribution is 4.99. The summed E-state index contributed by atoms with van der Waals surface area (Å²) in [5.74, 6) is 0.951. The lowest BCUT2D eigenvalue weighted by molar-refractivity contribution is 0.0420. The van der Waals surface area contributed by atoms with Gasteiger partial charge in [-0.05, 0) is 33.2 Å². The zero-order valence-electron chi connectivity index (χ0n) is 9.86. The molecule has 1 unspecified atom stereocenters. The van der Waals surface area contributed by atoms with Crippen LogP contribution in [0.15, 0.2) is 4.52 Å². The van der Waals surface area contributed by atoms with E-state index in [-0.39, 0.29) is 11.9 Å². The van der Waals surface area contributed by atoms with Crippen molar-refractivity contribution in [3.05, 3.63) is 11.7 Å². The molecule has 0 saturated carbocycles. The van der Waals surface area contributed by atoms with E-state index >= 15 is 0 Å². The van der Waals surface area contributed by atoms with E-state index in [1.807, 2.05) is 0 Å². The maximum atomic E-state index is 9.74. The van der Waals surface area contributed by atoms with Gasteiger partial charge < -0.3 is 14.9 Å². The molecule has 0 aromatic carbocycles. The Labute approximate surface area is 95.2 Å². The Bertz CT molecular complexity index is 335. The van der Waals surface area contributed by atoms with Gasteiger partial charge in [0.1, 0.15) is 5.60 Å². The number of nitrogens with zero attached hydrogens (tertiary/aromatic N) is 2. The van der Waals surface area contributed by atoms with Crippen molar-refractivity contribution in [2.24, 2.45) is 0 Å². The van der Waals surface area contributed by atoms with Crippen molar-refractivity contribution in [3.8, 4) is 0 Å². The fourth-order valence-corrected chi connectivity index (χ4v) is 1.87. The molecule has 1 fully saturated rings. The van der Waals surface area contributed by atoms with E-state index < -0.39 is 5.60 Å². The highest BCUT2D eigenvalue weighted by atomic mass is 16.5. The van der Waals surface area contributed by atoms with Crippen LogP contribution in [0.25, 0.3) is 0 Å². The minimum absolute atomic E-state index is 0.169. The predicted molar refractivity (Wildman–Crippen MR) is 58.8 cm³/mol. The molecule has 1 aromatic heterocycles. The van der Waals surface area contributed by atoms with Gasteiger partial charge in [0.25, 0.3) is 5.89 Å². The molecule has 1 atom stereocenters. The zero-order chi connectivity index (χ0) is 11.6. The van der Waals surface area contributed by atoms with E-state index in [2.05, 4.69) is 15.5 Å². The van der Waals surface area contributed by atoms with E-state index in [1.54, 1.807) is 13.8 Å². The predicted octanol–water partition coefficient (Wildman–Crippen LogP) is 1.50. The molecule has 2 rings (SSSR count). The number of rotatable bonds is 2. The summed E-state index contributed by atoms with van der Waals surface area (Å²) in [6.45, 7) is 4.28. The van der Waals surface area contributed by atoms with Crippen molar-refractivity contribution in [3.63, 3.8) is 0 Å². The van der Waals surface area contributed by atoms with Crippen molar-refractivity contribution >= 4 is 0 Å². The summed E-state index contributed by atoms with van der Waals surface area (Å²) >= 11 is 0. The minimum atomic E-state index is -1.06. The molecule has 1 aliphatic heterocycles. The Balaban J connectivity index is 2.11. The minimum Gasteiger partial charge on any atom is -0.381 e. The Morgan fingerprint density at radius 1 is 1.38 bits per heavy atom. The van der Waals surface area contributed by atoms with Crippen molar-refractivity contribution in [1.29, 1.82) is 0 Å². The molecule has 0 bridgehead atoms. The smallest absolute Gasteiger partial charge is 0.258 e. The highest BCUT2D eigenvalue weighted by Gasteiger charge is 2.26. The standard InChI is InChI=1S/C11H19N3O2/c1-11(2,15)10-13-9(14-16-10)8-6-4-3-5-7-12-8/h8,12,15H,3-7H2,1-2H3. The Hall–Kier alpha value is -0.940. The first-order valence-electron chi connectivity index (χ1n) is 5.87. The summed E-state index contributed by atoms with van der Waals surface area (Å²) in [6.07, 6.45) is 4.67. The molecule has 5 heteroatoms. The number of hydrogen-bond acceptors (Lipinski definition) is 5. The molecule has 5 nitrogen and oxygen atoms in total. The molecular formula is C11H19N3O2. The van der Waals surface area contributed by atoms with E-state index in [4.69, 9.17) is 4.52 Å². The van der Waals surface area contributed by atoms with Crippen molar-refractivity contribution in [2.75, 3.05) is 6.54 Å². The molecule has 0 spiro atoms. The first kappa shape index (κ1) is 11.5. The SMILES string of the molecule is CC(C)(O)c1nc(C2CCCCCN2)no1. The second-order valence-corrected chi connectivity index (χ2v) is 4.87. The Kier molecular flexibility index (Phi) is 3.25. The van der Waals surface area contributed by atoms with Gasteiger partial charge in [-0.25, -0.2) is 0 Å². The first-order chi connectivity index (χ1) is 7.57. The fraction of sp³-hybridized carbons (Fsp3) is 0.818. The van der Waals surface area contributed by atoms with Crippen LogP contribution in [0, 0.1) is 0 Å². The van der Waals surface area contributed by atoms with Crippen molar-refractivity contribution in [2.45, 2.75) is 51.2 Å². The molecule has 0 aliphatic carbocycles. The summed E-state index contributed by atoms with van der Waals surface area (Å²) < 4.78 is 5.07. The van der Waals surface area contributed by atoms with Gasteiger partial charge >= 0.3 is 0 Å². The summed E-state index contributed by atoms with van der Waals surface area (Å²) in [6, 6.07) is 0.169. The summed E-state index contributed by atoms with van der Waals surface area (Å²) in [5.41, 5.74) is -1.06. The summed E-state index contributed by atoms with van der Waals surface area (Å²) in [5, 5.41) is 17.1. The summed E-state index contributed by atoms with van der Waals surface area (Å²) in [4.78, 5) is 4.26. The van der Waals surface area contributed by atoms with Crippen LogP contribution in [-0.2, 0) is 5.60 Å². The third-order valence-corrected chi connectivity index (χ3v) is 2.84. The molecule has 2 heterocycles. The van der Waals surface area contributed by atoms with Crippen LogP contribution in [0.2, 0.25) is 0 Å². The largest absolute Gasteiger partial charge is 0.381 e. The average Bonchev–Trinajstić information content (AvgIpc) is 2.55. The van der Waals surface area contributed by atoms with Crippen LogP contribution in [-0.4, -0.2) is 21.8 Å². The Morgan fingerprint density at radius 2 is 2.19 bits per heavy atom. The van der Waals surface area contributed by atoms with Crippen LogP contribution < -0.4 is 5.32 Å². The van der Waals surface area contributed by atoms with Gasteiger partial charge in [0.05, 0.1) is 6.04 Å². The zero-order valence-corrected chi connectivity index (χ0v) is 9.86. The quantitative estimate of drug-likeness (QED) is 0.798. The topological polar surface area (TPSA) is 71.2 Å². The van der Waals surface area contributed by atoms with Gasteiger partial charge in [0.2, 0.25) is 0 Å². The fourth-order valence-electron chi connectivity index (χ4n) is 1.87. The van der Waals surface area contributed by atoms with Gasteiger partial charge in [-0.15, -0.1) is 0 Å². The molecular weight excluding hydrogens is 206 g/mol. The molecule has 16 heavy (non-hydrogen) atoms. The monoisotopic (exact) mass is 225 g/mol. The molecule has 1 aromatic rings. The molecule has 90 valence electrons. The van der Waals surface area contributed by atoms with Gasteiger partial charge in [-0.1, -0.05) is 18.0 Å². The number of nitrogens with one attached hydrogen (secondary N) is 1. The number of aromatic nitrogens is 2. The van der Waals surface area contributed by atoms with Gasteiger partial charge in [-0.3, -0.25) is 0 Å². The van der Waals surface area contributed by atoms with Crippen LogP contribution in [0.3, 0.4) is 0 Å². The van der Waals surface area contributed by atoms with Gasteiger partial charge in [-0.2, -0.15) is 4.98 Å². The molecule has 1 saturated heterocycles. The third-order valence-electron chi connectivity index (χ3n) is 2.84. The van der Waals surface area contributed by atoms with Crippen molar-refractivity contribution < 1.29 is 9.63 Å². The van der Waals surface area contributed by atoms with E-state index in [0.29, 0.717) is 5.82 Å². The lowest BCUT2D eigenvalue weighted by Gasteiger charge is -2.11. The first-order valence-corrected chi connectivity index (χ1v) is 5.87. The second-order valence-electron chi connectivity index (χ2n) is 4.87. The second kappa shape index (κ2) is 4.51. The highest BCUT2D eigenvalue weighted by Crippen LogP contribution is 2.23. The van der Waals surface area contributed by atoms with E-state index in [1.165, 1.54) is 19.3 Å². The van der Waals surface area contributed by atoms with Crippen LogP contribution in [0.4, 0.5) is 0 Å². The molecule has 2 N–H and O–H groups in total. The number of hydrogen-bond donors (Lipinski definition) is 2. The van der Waals surface area contributed by atoms with E-state index in [9.17, 15) is 5.11 Å². The van der Waals surface area contributed by atoms with Crippen LogP contribution in [0.5, 0.6) is 0 Å². The van der Waals surface area contributed by atoms with Crippen LogP contribution >= 0.6 is 0 Å². The lowest BCUT2D eigenvalue weighted by Crippen LogP contribution is -2.22. The van der Waals surface area contributed by atoms with Crippen LogP contribution in [0.1, 0.15) is 57.3 Å². The maximum Gasteiger partial charge on any atom is 0.258 e. The average molecular weight is 225 g/mol. The van der Waals surface area contributed by atoms with Crippen molar-refractivity contribution in [1.82, 2.24) is 15.5 Å². The Morgan fingerprint density at radius 3 is 2.88 bits per heavy atom.